The summed E-state index contributed by atoms with van der Waals surface area (Å²) in [4.78, 5) is 21.8. The quantitative estimate of drug-likeness (QED) is 0.631. The molecule has 0 saturated heterocycles. The minimum Gasteiger partial charge on any atom is -0.481 e. The fourth-order valence-corrected chi connectivity index (χ4v) is 2.02. The molecule has 5 nitrogen and oxygen atoms in total. The first-order valence-electron chi connectivity index (χ1n) is 5.93. The summed E-state index contributed by atoms with van der Waals surface area (Å²) < 4.78 is 0. The van der Waals surface area contributed by atoms with E-state index in [1.165, 1.54) is 25.7 Å². The summed E-state index contributed by atoms with van der Waals surface area (Å²) in [6.45, 7) is 0.198. The van der Waals surface area contributed by atoms with Crippen molar-refractivity contribution in [1.82, 2.24) is 10.6 Å². The maximum Gasteiger partial charge on any atom is 0.315 e. The smallest absolute Gasteiger partial charge is 0.315 e. The number of hydrogen-bond acceptors (Lipinski definition) is 2. The third-order valence-electron chi connectivity index (χ3n) is 3.18. The molecular formula is C11H18N2O3. The zero-order valence-electron chi connectivity index (χ0n) is 9.24. The van der Waals surface area contributed by atoms with E-state index in [4.69, 9.17) is 5.11 Å². The van der Waals surface area contributed by atoms with Crippen LogP contribution in [0.5, 0.6) is 0 Å². The molecular weight excluding hydrogens is 208 g/mol. The highest BCUT2D eigenvalue weighted by atomic mass is 16.4. The molecule has 3 N–H and O–H groups in total. The molecule has 5 heteroatoms. The van der Waals surface area contributed by atoms with Crippen LogP contribution < -0.4 is 10.6 Å². The van der Waals surface area contributed by atoms with Gasteiger partial charge in [-0.25, -0.2) is 4.79 Å². The van der Waals surface area contributed by atoms with E-state index >= 15 is 0 Å². The van der Waals surface area contributed by atoms with Crippen LogP contribution in [0.2, 0.25) is 0 Å². The molecule has 0 aliphatic heterocycles. The van der Waals surface area contributed by atoms with Gasteiger partial charge in [-0.1, -0.05) is 0 Å². The normalized spacial score (nSPS) is 19.6. The summed E-state index contributed by atoms with van der Waals surface area (Å²) in [5.74, 6) is 0.441. The van der Waals surface area contributed by atoms with Crippen LogP contribution in [0.15, 0.2) is 0 Å². The molecule has 2 aliphatic carbocycles. The van der Waals surface area contributed by atoms with Crippen LogP contribution in [0.4, 0.5) is 4.79 Å². The van der Waals surface area contributed by atoms with Crippen molar-refractivity contribution in [3.05, 3.63) is 0 Å². The van der Waals surface area contributed by atoms with Gasteiger partial charge in [-0.2, -0.15) is 0 Å². The Labute approximate surface area is 94.6 Å². The monoisotopic (exact) mass is 226 g/mol. The van der Waals surface area contributed by atoms with E-state index in [0.29, 0.717) is 17.9 Å². The molecule has 0 atom stereocenters. The van der Waals surface area contributed by atoms with Crippen LogP contribution in [-0.2, 0) is 4.79 Å². The molecule has 2 fully saturated rings. The van der Waals surface area contributed by atoms with Gasteiger partial charge < -0.3 is 15.7 Å². The summed E-state index contributed by atoms with van der Waals surface area (Å²) in [6, 6.07) is 0.106. The van der Waals surface area contributed by atoms with Gasteiger partial charge in [0, 0.05) is 12.6 Å². The van der Waals surface area contributed by atoms with Gasteiger partial charge in [-0.05, 0) is 37.5 Å². The van der Waals surface area contributed by atoms with E-state index in [1.54, 1.807) is 0 Å². The summed E-state index contributed by atoms with van der Waals surface area (Å²) >= 11 is 0. The van der Waals surface area contributed by atoms with Crippen LogP contribution >= 0.6 is 0 Å². The lowest BCUT2D eigenvalue weighted by Gasteiger charge is -2.17. The summed E-state index contributed by atoms with van der Waals surface area (Å²) in [6.07, 6.45) is 4.85. The number of carbonyl (C=O) groups is 2. The number of urea groups is 1. The Bertz CT molecular complexity index is 273. The Morgan fingerprint density at radius 3 is 2.19 bits per heavy atom. The molecule has 0 spiro atoms. The largest absolute Gasteiger partial charge is 0.481 e. The van der Waals surface area contributed by atoms with Gasteiger partial charge in [-0.3, -0.25) is 4.79 Å². The average molecular weight is 226 g/mol. The van der Waals surface area contributed by atoms with Gasteiger partial charge >= 0.3 is 12.0 Å². The highest BCUT2D eigenvalue weighted by Crippen LogP contribution is 2.44. The number of hydrogen-bond donors (Lipinski definition) is 3. The molecule has 2 saturated carbocycles. The summed E-state index contributed by atoms with van der Waals surface area (Å²) in [7, 11) is 0. The highest BCUT2D eigenvalue weighted by molar-refractivity contribution is 5.75. The first kappa shape index (κ1) is 11.2. The van der Waals surface area contributed by atoms with Gasteiger partial charge in [0.25, 0.3) is 0 Å². The molecule has 2 rings (SSSR count). The number of carbonyl (C=O) groups excluding carboxylic acids is 1. The average Bonchev–Trinajstić information content (AvgIpc) is 3.06. The third kappa shape index (κ3) is 3.40. The fourth-order valence-electron chi connectivity index (χ4n) is 2.02. The highest BCUT2D eigenvalue weighted by Gasteiger charge is 2.42. The van der Waals surface area contributed by atoms with Crippen molar-refractivity contribution < 1.29 is 14.7 Å². The van der Waals surface area contributed by atoms with Crippen LogP contribution in [0, 0.1) is 11.8 Å². The van der Waals surface area contributed by atoms with E-state index in [9.17, 15) is 9.59 Å². The van der Waals surface area contributed by atoms with Crippen molar-refractivity contribution >= 4 is 12.0 Å². The van der Waals surface area contributed by atoms with Crippen molar-refractivity contribution in [3.8, 4) is 0 Å². The maximum absolute atomic E-state index is 11.5. The second kappa shape index (κ2) is 4.72. The Hall–Kier alpha value is -1.26. The Morgan fingerprint density at radius 1 is 1.19 bits per heavy atom. The minimum atomic E-state index is -0.888. The molecule has 0 aromatic heterocycles. The first-order valence-corrected chi connectivity index (χ1v) is 5.93. The molecule has 0 heterocycles. The summed E-state index contributed by atoms with van der Waals surface area (Å²) in [5, 5.41) is 14.0. The van der Waals surface area contributed by atoms with Gasteiger partial charge in [-0.15, -0.1) is 0 Å². The molecule has 0 aromatic carbocycles. The van der Waals surface area contributed by atoms with Crippen molar-refractivity contribution in [2.75, 3.05) is 6.54 Å². The predicted octanol–water partition coefficient (Wildman–Crippen LogP) is 0.949. The van der Waals surface area contributed by atoms with E-state index in [-0.39, 0.29) is 19.0 Å². The van der Waals surface area contributed by atoms with Gasteiger partial charge in [0.15, 0.2) is 0 Å². The lowest BCUT2D eigenvalue weighted by molar-refractivity contribution is -0.136. The Morgan fingerprint density at radius 2 is 1.75 bits per heavy atom. The lowest BCUT2D eigenvalue weighted by Crippen LogP contribution is -2.44. The molecule has 0 radical (unpaired) electrons. The Kier molecular flexibility index (Phi) is 3.31. The molecule has 0 unspecified atom stereocenters. The van der Waals surface area contributed by atoms with E-state index < -0.39 is 5.97 Å². The fraction of sp³-hybridized carbons (Fsp3) is 0.818. The number of nitrogens with one attached hydrogen (secondary N) is 2. The first-order chi connectivity index (χ1) is 7.66. The number of rotatable bonds is 6. The van der Waals surface area contributed by atoms with Crippen LogP contribution in [-0.4, -0.2) is 29.7 Å². The molecule has 0 aromatic rings. The molecule has 0 bridgehead atoms. The lowest BCUT2D eigenvalue weighted by atomic mass is 10.1. The zero-order valence-corrected chi connectivity index (χ0v) is 9.24. The predicted molar refractivity (Wildman–Crippen MR) is 58.0 cm³/mol. The minimum absolute atomic E-state index is 0.0229. The topological polar surface area (TPSA) is 78.4 Å². The van der Waals surface area contributed by atoms with Gasteiger partial charge in [0.05, 0.1) is 6.42 Å². The van der Waals surface area contributed by atoms with Gasteiger partial charge in [0.2, 0.25) is 0 Å². The number of amides is 2. The summed E-state index contributed by atoms with van der Waals surface area (Å²) in [5.41, 5.74) is 0. The van der Waals surface area contributed by atoms with Crippen LogP contribution in [0.1, 0.15) is 32.1 Å². The molecule has 2 amide bonds. The standard InChI is InChI=1S/C11H18N2O3/c14-9(15)5-6-12-11(16)13-10(7-1-2-7)8-3-4-8/h7-8,10H,1-6H2,(H,14,15)(H2,12,13,16). The van der Waals surface area contributed by atoms with E-state index in [1.807, 2.05) is 0 Å². The zero-order chi connectivity index (χ0) is 11.5. The van der Waals surface area contributed by atoms with E-state index in [0.717, 1.165) is 0 Å². The SMILES string of the molecule is O=C(O)CCNC(=O)NC(C1CC1)C1CC1. The molecule has 16 heavy (non-hydrogen) atoms. The van der Waals surface area contributed by atoms with Crippen LogP contribution in [0.25, 0.3) is 0 Å². The van der Waals surface area contributed by atoms with Gasteiger partial charge in [0.1, 0.15) is 0 Å². The van der Waals surface area contributed by atoms with Crippen molar-refractivity contribution in [3.63, 3.8) is 0 Å². The Balaban J connectivity index is 1.66. The second-order valence-corrected chi connectivity index (χ2v) is 4.74. The van der Waals surface area contributed by atoms with Crippen molar-refractivity contribution in [1.29, 1.82) is 0 Å². The number of carboxylic acids is 1. The van der Waals surface area contributed by atoms with Crippen molar-refractivity contribution in [2.45, 2.75) is 38.1 Å². The second-order valence-electron chi connectivity index (χ2n) is 4.74. The number of carboxylic acid groups (broad SMARTS) is 1. The molecule has 2 aliphatic rings. The van der Waals surface area contributed by atoms with Crippen LogP contribution in [0.3, 0.4) is 0 Å². The van der Waals surface area contributed by atoms with E-state index in [2.05, 4.69) is 10.6 Å². The maximum atomic E-state index is 11.5. The van der Waals surface area contributed by atoms with Crippen molar-refractivity contribution in [2.24, 2.45) is 11.8 Å². The molecule has 90 valence electrons. The third-order valence-corrected chi connectivity index (χ3v) is 3.18. The number of aliphatic carboxylic acids is 1.